The van der Waals surface area contributed by atoms with Crippen molar-refractivity contribution in [3.05, 3.63) is 30.4 Å². The fraction of sp³-hybridized carbons (Fsp3) is 0.520. The summed E-state index contributed by atoms with van der Waals surface area (Å²) in [5.41, 5.74) is -0.0366. The number of hydrogen-bond acceptors (Lipinski definition) is 8. The normalized spacial score (nSPS) is 29.8. The van der Waals surface area contributed by atoms with Crippen molar-refractivity contribution in [1.82, 2.24) is 9.88 Å². The molecule has 1 aromatic heterocycles. The van der Waals surface area contributed by atoms with E-state index in [1.54, 1.807) is 23.8 Å². The first kappa shape index (κ1) is 22.5. The van der Waals surface area contributed by atoms with Crippen molar-refractivity contribution in [3.8, 4) is 5.75 Å². The maximum absolute atomic E-state index is 13.7. The zero-order valence-electron chi connectivity index (χ0n) is 19.6. The molecule has 3 saturated heterocycles. The number of rotatable bonds is 5. The molecule has 35 heavy (non-hydrogen) atoms. The van der Waals surface area contributed by atoms with Crippen molar-refractivity contribution in [2.24, 2.45) is 17.8 Å². The number of anilines is 1. The number of amides is 2. The van der Waals surface area contributed by atoms with Gasteiger partial charge < -0.3 is 19.1 Å². The summed E-state index contributed by atoms with van der Waals surface area (Å²) in [4.78, 5) is 47.6. The maximum atomic E-state index is 13.7. The van der Waals surface area contributed by atoms with Crippen LogP contribution in [0.3, 0.4) is 0 Å². The van der Waals surface area contributed by atoms with Crippen LogP contribution in [-0.2, 0) is 23.9 Å². The van der Waals surface area contributed by atoms with E-state index >= 15 is 0 Å². The topological polar surface area (TPSA) is 98.3 Å². The third-order valence-electron chi connectivity index (χ3n) is 7.63. The standard InChI is InChI=1S/C25H27N3O6S/c1-3-33-23(31)14-7-10-27(11-8-14)21(29)19-17-6-9-25(34-17)13-28(22(30)20(19)25)24-26-16-12-15(32-2)4-5-18(16)35-24/h4-6,9,12,14,17,19-20H,3,7-8,10-11,13H2,1-2H3/t17-,19-,20-,25+/m0/s1. The minimum absolute atomic E-state index is 0.0715. The number of thiazole rings is 1. The molecule has 0 unspecified atom stereocenters. The van der Waals surface area contributed by atoms with Crippen LogP contribution in [0.2, 0.25) is 0 Å². The van der Waals surface area contributed by atoms with E-state index in [1.165, 1.54) is 11.3 Å². The third-order valence-corrected chi connectivity index (χ3v) is 8.69. The highest BCUT2D eigenvalue weighted by Crippen LogP contribution is 2.53. The molecule has 6 rings (SSSR count). The van der Waals surface area contributed by atoms with Crippen molar-refractivity contribution in [3.63, 3.8) is 0 Å². The molecule has 0 radical (unpaired) electrons. The Morgan fingerprint density at radius 1 is 1.29 bits per heavy atom. The van der Waals surface area contributed by atoms with Crippen molar-refractivity contribution in [2.45, 2.75) is 31.5 Å². The molecule has 4 aliphatic heterocycles. The van der Waals surface area contributed by atoms with Gasteiger partial charge in [-0.2, -0.15) is 0 Å². The highest BCUT2D eigenvalue weighted by molar-refractivity contribution is 7.22. The van der Waals surface area contributed by atoms with Gasteiger partial charge in [-0.25, -0.2) is 4.98 Å². The van der Waals surface area contributed by atoms with Crippen LogP contribution in [0.4, 0.5) is 5.13 Å². The largest absolute Gasteiger partial charge is 0.497 e. The molecule has 2 bridgehead atoms. The van der Waals surface area contributed by atoms with Gasteiger partial charge in [-0.1, -0.05) is 23.5 Å². The number of aromatic nitrogens is 1. The lowest BCUT2D eigenvalue weighted by atomic mass is 9.76. The highest BCUT2D eigenvalue weighted by atomic mass is 32.1. The van der Waals surface area contributed by atoms with Crippen LogP contribution in [-0.4, -0.2) is 72.7 Å². The molecule has 184 valence electrons. The number of fused-ring (bicyclic) bond motifs is 2. The molecule has 1 spiro atoms. The molecule has 5 heterocycles. The van der Waals surface area contributed by atoms with Crippen LogP contribution in [0.1, 0.15) is 19.8 Å². The average molecular weight is 498 g/mol. The summed E-state index contributed by atoms with van der Waals surface area (Å²) >= 11 is 1.44. The number of hydrogen-bond donors (Lipinski definition) is 0. The minimum atomic E-state index is -0.805. The molecular formula is C25H27N3O6S. The molecule has 0 aliphatic carbocycles. The van der Waals surface area contributed by atoms with E-state index < -0.39 is 23.5 Å². The van der Waals surface area contributed by atoms with E-state index in [1.807, 2.05) is 30.4 Å². The second kappa shape index (κ2) is 8.30. The highest BCUT2D eigenvalue weighted by Gasteiger charge is 2.67. The lowest BCUT2D eigenvalue weighted by Crippen LogP contribution is -2.49. The predicted molar refractivity (Wildman–Crippen MR) is 128 cm³/mol. The fourth-order valence-electron chi connectivity index (χ4n) is 5.89. The Morgan fingerprint density at radius 2 is 2.09 bits per heavy atom. The number of likely N-dealkylation sites (tertiary alicyclic amines) is 1. The van der Waals surface area contributed by atoms with Gasteiger partial charge in [-0.3, -0.25) is 19.3 Å². The summed E-state index contributed by atoms with van der Waals surface area (Å²) in [5, 5.41) is 0.601. The Morgan fingerprint density at radius 3 is 2.83 bits per heavy atom. The van der Waals surface area contributed by atoms with Crippen molar-refractivity contribution < 1.29 is 28.6 Å². The van der Waals surface area contributed by atoms with E-state index in [0.29, 0.717) is 50.0 Å². The lowest BCUT2D eigenvalue weighted by molar-refractivity contribution is -0.152. The first-order valence-corrected chi connectivity index (χ1v) is 12.8. The van der Waals surface area contributed by atoms with Crippen molar-refractivity contribution in [1.29, 1.82) is 0 Å². The molecule has 10 heteroatoms. The summed E-state index contributed by atoms with van der Waals surface area (Å²) in [6.45, 7) is 3.45. The number of nitrogens with zero attached hydrogens (tertiary/aromatic N) is 3. The van der Waals surface area contributed by atoms with Crippen LogP contribution in [0.15, 0.2) is 30.4 Å². The van der Waals surface area contributed by atoms with Gasteiger partial charge in [0.05, 0.1) is 54.3 Å². The number of piperidine rings is 1. The summed E-state index contributed by atoms with van der Waals surface area (Å²) in [6.07, 6.45) is 4.62. The zero-order chi connectivity index (χ0) is 24.3. The second-order valence-electron chi connectivity index (χ2n) is 9.51. The SMILES string of the molecule is CCOC(=O)C1CCN(C(=O)[C@H]2[C@@H]3C=C[C@]4(CN(c5nc6cc(OC)ccc6s5)C(=O)[C@H]24)O3)CC1. The van der Waals surface area contributed by atoms with Crippen LogP contribution >= 0.6 is 11.3 Å². The van der Waals surface area contributed by atoms with Gasteiger partial charge in [0.15, 0.2) is 5.13 Å². The predicted octanol–water partition coefficient (Wildman–Crippen LogP) is 2.39. The number of ether oxygens (including phenoxy) is 3. The molecule has 4 aliphatic rings. The van der Waals surface area contributed by atoms with Gasteiger partial charge in [0, 0.05) is 19.2 Å². The van der Waals surface area contributed by atoms with Gasteiger partial charge in [0.25, 0.3) is 0 Å². The summed E-state index contributed by atoms with van der Waals surface area (Å²) in [5.74, 6) is -0.997. The zero-order valence-corrected chi connectivity index (χ0v) is 20.5. The monoisotopic (exact) mass is 497 g/mol. The summed E-state index contributed by atoms with van der Waals surface area (Å²) < 4.78 is 17.7. The van der Waals surface area contributed by atoms with Gasteiger partial charge in [0.1, 0.15) is 11.4 Å². The Hall–Kier alpha value is -2.98. The number of carbonyl (C=O) groups excluding carboxylic acids is 3. The smallest absolute Gasteiger partial charge is 0.309 e. The van der Waals surface area contributed by atoms with Crippen LogP contribution in [0.25, 0.3) is 10.2 Å². The third kappa shape index (κ3) is 3.45. The molecule has 2 amide bonds. The number of esters is 1. The quantitative estimate of drug-likeness (QED) is 0.462. The molecule has 9 nitrogen and oxygen atoms in total. The van der Waals surface area contributed by atoms with Crippen molar-refractivity contribution >= 4 is 44.5 Å². The van der Waals surface area contributed by atoms with Gasteiger partial charge in [-0.15, -0.1) is 0 Å². The summed E-state index contributed by atoms with van der Waals surface area (Å²) in [6, 6.07) is 5.66. The average Bonchev–Trinajstić information content (AvgIpc) is 3.62. The van der Waals surface area contributed by atoms with Crippen LogP contribution in [0, 0.1) is 17.8 Å². The van der Waals surface area contributed by atoms with Crippen molar-refractivity contribution in [2.75, 3.05) is 38.3 Å². The number of benzene rings is 1. The Bertz CT molecular complexity index is 1240. The molecular weight excluding hydrogens is 470 g/mol. The first-order valence-electron chi connectivity index (χ1n) is 12.0. The number of carbonyl (C=O) groups is 3. The maximum Gasteiger partial charge on any atom is 0.309 e. The lowest BCUT2D eigenvalue weighted by Gasteiger charge is -2.34. The molecule has 1 aromatic carbocycles. The molecule has 0 N–H and O–H groups in total. The Labute approximate surface area is 206 Å². The van der Waals surface area contributed by atoms with E-state index in [9.17, 15) is 14.4 Å². The van der Waals surface area contributed by atoms with Gasteiger partial charge in [0.2, 0.25) is 11.8 Å². The molecule has 0 saturated carbocycles. The van der Waals surface area contributed by atoms with Gasteiger partial charge >= 0.3 is 5.97 Å². The summed E-state index contributed by atoms with van der Waals surface area (Å²) in [7, 11) is 1.61. The Balaban J connectivity index is 1.22. The fourth-order valence-corrected chi connectivity index (χ4v) is 6.84. The van der Waals surface area contributed by atoms with E-state index in [4.69, 9.17) is 14.2 Å². The van der Waals surface area contributed by atoms with E-state index in [2.05, 4.69) is 4.98 Å². The van der Waals surface area contributed by atoms with Crippen LogP contribution < -0.4 is 9.64 Å². The van der Waals surface area contributed by atoms with E-state index in [-0.39, 0.29) is 23.7 Å². The number of methoxy groups -OCH3 is 1. The van der Waals surface area contributed by atoms with Crippen LogP contribution in [0.5, 0.6) is 5.75 Å². The first-order chi connectivity index (χ1) is 16.9. The molecule has 2 aromatic rings. The molecule has 4 atom stereocenters. The van der Waals surface area contributed by atoms with E-state index in [0.717, 1.165) is 10.2 Å². The minimum Gasteiger partial charge on any atom is -0.497 e. The Kier molecular flexibility index (Phi) is 5.33. The van der Waals surface area contributed by atoms with Gasteiger partial charge in [-0.05, 0) is 31.9 Å². The molecule has 3 fully saturated rings. The second-order valence-corrected chi connectivity index (χ2v) is 10.5.